The molecule has 4 heteroatoms. The molecule has 0 saturated heterocycles. The molecule has 1 N–H and O–H groups in total. The van der Waals surface area contributed by atoms with Gasteiger partial charge >= 0.3 is 0 Å². The third kappa shape index (κ3) is 3.39. The van der Waals surface area contributed by atoms with Gasteiger partial charge in [0.2, 0.25) is 0 Å². The summed E-state index contributed by atoms with van der Waals surface area (Å²) in [4.78, 5) is 2.57. The van der Waals surface area contributed by atoms with Crippen LogP contribution >= 0.6 is 11.3 Å². The van der Waals surface area contributed by atoms with Crippen LogP contribution in [0.15, 0.2) is 30.3 Å². The second-order valence-corrected chi connectivity index (χ2v) is 6.45. The molecule has 1 aromatic carbocycles. The first-order valence-electron chi connectivity index (χ1n) is 7.41. The number of fused-ring (bicyclic) bond motifs is 1. The molecular weight excluding hydrogens is 284 g/mol. The zero-order valence-electron chi connectivity index (χ0n) is 12.2. The van der Waals surface area contributed by atoms with Crippen molar-refractivity contribution in [3.63, 3.8) is 0 Å². The van der Waals surface area contributed by atoms with Gasteiger partial charge in [-0.2, -0.15) is 0 Å². The fourth-order valence-corrected chi connectivity index (χ4v) is 3.41. The molecule has 0 bridgehead atoms. The maximum absolute atomic E-state index is 10.4. The molecule has 21 heavy (non-hydrogen) atoms. The van der Waals surface area contributed by atoms with E-state index >= 15 is 0 Å². The molecule has 2 aromatic rings. The maximum atomic E-state index is 10.4. The Morgan fingerprint density at radius 2 is 1.86 bits per heavy atom. The van der Waals surface area contributed by atoms with Crippen LogP contribution in [0.4, 0.5) is 0 Å². The average Bonchev–Trinajstić information content (AvgIpc) is 2.82. The topological polar surface area (TPSA) is 38.7 Å². The largest absolute Gasteiger partial charge is 0.490 e. The number of benzene rings is 1. The van der Waals surface area contributed by atoms with Gasteiger partial charge in [0.15, 0.2) is 11.5 Å². The van der Waals surface area contributed by atoms with E-state index in [0.717, 1.165) is 29.9 Å². The first-order valence-corrected chi connectivity index (χ1v) is 8.23. The van der Waals surface area contributed by atoms with E-state index in [1.165, 1.54) is 9.75 Å². The van der Waals surface area contributed by atoms with Gasteiger partial charge in [-0.25, -0.2) is 0 Å². The summed E-state index contributed by atoms with van der Waals surface area (Å²) in [5.41, 5.74) is 0.880. The molecular formula is C17H20O3S. The van der Waals surface area contributed by atoms with E-state index in [1.54, 1.807) is 11.3 Å². The summed E-state index contributed by atoms with van der Waals surface area (Å²) in [7, 11) is 0. The third-order valence-electron chi connectivity index (χ3n) is 3.62. The minimum absolute atomic E-state index is 0.509. The van der Waals surface area contributed by atoms with Crippen LogP contribution in [0.5, 0.6) is 11.5 Å². The zero-order valence-corrected chi connectivity index (χ0v) is 13.0. The number of hydrogen-bond donors (Lipinski definition) is 1. The number of thiophene rings is 1. The van der Waals surface area contributed by atoms with Gasteiger partial charge < -0.3 is 14.6 Å². The molecule has 3 rings (SSSR count). The van der Waals surface area contributed by atoms with Crippen molar-refractivity contribution < 1.29 is 14.6 Å². The number of aliphatic hydroxyl groups excluding tert-OH is 1. The van der Waals surface area contributed by atoms with Crippen LogP contribution in [-0.4, -0.2) is 18.3 Å². The number of aryl methyl sites for hydroxylation is 1. The highest BCUT2D eigenvalue weighted by Gasteiger charge is 2.15. The van der Waals surface area contributed by atoms with Crippen LogP contribution in [0.1, 0.15) is 34.8 Å². The van der Waals surface area contributed by atoms with Crippen LogP contribution in [-0.2, 0) is 12.8 Å². The summed E-state index contributed by atoms with van der Waals surface area (Å²) in [6, 6.07) is 9.97. The van der Waals surface area contributed by atoms with E-state index in [9.17, 15) is 5.11 Å². The predicted molar refractivity (Wildman–Crippen MR) is 84.4 cm³/mol. The van der Waals surface area contributed by atoms with Gasteiger partial charge in [-0.05, 0) is 36.2 Å². The molecule has 3 nitrogen and oxygen atoms in total. The molecule has 0 radical (unpaired) electrons. The van der Waals surface area contributed by atoms with Crippen LogP contribution in [0.3, 0.4) is 0 Å². The van der Waals surface area contributed by atoms with E-state index in [4.69, 9.17) is 9.47 Å². The highest BCUT2D eigenvalue weighted by atomic mass is 32.1. The number of rotatable bonds is 4. The number of aliphatic hydroxyl groups is 1. The molecule has 1 aliphatic heterocycles. The lowest BCUT2D eigenvalue weighted by molar-refractivity contribution is 0.179. The Hall–Kier alpha value is -1.52. The Morgan fingerprint density at radius 1 is 1.10 bits per heavy atom. The van der Waals surface area contributed by atoms with E-state index in [1.807, 2.05) is 18.2 Å². The molecule has 112 valence electrons. The smallest absolute Gasteiger partial charge is 0.161 e. The van der Waals surface area contributed by atoms with Crippen molar-refractivity contribution in [3.8, 4) is 11.5 Å². The minimum Gasteiger partial charge on any atom is -0.490 e. The average molecular weight is 304 g/mol. The van der Waals surface area contributed by atoms with E-state index in [2.05, 4.69) is 19.1 Å². The van der Waals surface area contributed by atoms with Gasteiger partial charge in [0.1, 0.15) is 0 Å². The fourth-order valence-electron chi connectivity index (χ4n) is 2.42. The van der Waals surface area contributed by atoms with Crippen molar-refractivity contribution >= 4 is 11.3 Å². The Morgan fingerprint density at radius 3 is 2.62 bits per heavy atom. The summed E-state index contributed by atoms with van der Waals surface area (Å²) in [5.74, 6) is 1.51. The standard InChI is InChI=1S/C17H20O3S/c1-2-13-5-6-14(21-13)11-15(18)12-4-7-16-17(10-12)20-9-3-8-19-16/h4-7,10,15,18H,2-3,8-9,11H2,1H3. The number of ether oxygens (including phenoxy) is 2. The Bertz CT molecular complexity index is 606. The molecule has 1 aliphatic rings. The summed E-state index contributed by atoms with van der Waals surface area (Å²) >= 11 is 1.77. The van der Waals surface area contributed by atoms with Gasteiger partial charge in [-0.3, -0.25) is 0 Å². The van der Waals surface area contributed by atoms with Crippen molar-refractivity contribution in [2.45, 2.75) is 32.3 Å². The molecule has 0 saturated carbocycles. The molecule has 1 atom stereocenters. The fraction of sp³-hybridized carbons (Fsp3) is 0.412. The molecule has 0 aliphatic carbocycles. The molecule has 0 fully saturated rings. The zero-order chi connectivity index (χ0) is 14.7. The van der Waals surface area contributed by atoms with Crippen LogP contribution in [0, 0.1) is 0 Å². The van der Waals surface area contributed by atoms with Crippen LogP contribution in [0.25, 0.3) is 0 Å². The van der Waals surface area contributed by atoms with Crippen molar-refractivity contribution in [2.75, 3.05) is 13.2 Å². The Labute approximate surface area is 129 Å². The highest BCUT2D eigenvalue weighted by Crippen LogP contribution is 2.33. The van der Waals surface area contributed by atoms with Crippen molar-refractivity contribution in [1.29, 1.82) is 0 Å². The van der Waals surface area contributed by atoms with Gasteiger partial charge in [0.05, 0.1) is 19.3 Å². The Kier molecular flexibility index (Phi) is 4.46. The Balaban J connectivity index is 1.75. The summed E-state index contributed by atoms with van der Waals surface area (Å²) in [6.07, 6.45) is 2.07. The molecule has 2 heterocycles. The first kappa shape index (κ1) is 14.4. The third-order valence-corrected chi connectivity index (χ3v) is 4.87. The normalized spacial score (nSPS) is 15.5. The minimum atomic E-state index is -0.509. The van der Waals surface area contributed by atoms with E-state index in [0.29, 0.717) is 19.6 Å². The van der Waals surface area contributed by atoms with Gasteiger partial charge in [0, 0.05) is 22.6 Å². The molecule has 1 aromatic heterocycles. The summed E-state index contributed by atoms with van der Waals surface area (Å²) in [5, 5.41) is 10.4. The SMILES string of the molecule is CCc1ccc(CC(O)c2ccc3c(c2)OCCCO3)s1. The lowest BCUT2D eigenvalue weighted by atomic mass is 10.1. The highest BCUT2D eigenvalue weighted by molar-refractivity contribution is 7.11. The second kappa shape index (κ2) is 6.50. The summed E-state index contributed by atoms with van der Waals surface area (Å²) in [6.45, 7) is 3.50. The predicted octanol–water partition coefficient (Wildman–Crippen LogP) is 3.75. The van der Waals surface area contributed by atoms with Crippen molar-refractivity contribution in [1.82, 2.24) is 0 Å². The molecule has 0 amide bonds. The van der Waals surface area contributed by atoms with Gasteiger partial charge in [0.25, 0.3) is 0 Å². The van der Waals surface area contributed by atoms with Crippen molar-refractivity contribution in [2.24, 2.45) is 0 Å². The van der Waals surface area contributed by atoms with Crippen LogP contribution < -0.4 is 9.47 Å². The quantitative estimate of drug-likeness (QED) is 0.935. The number of hydrogen-bond acceptors (Lipinski definition) is 4. The maximum Gasteiger partial charge on any atom is 0.161 e. The second-order valence-electron chi connectivity index (χ2n) is 5.20. The summed E-state index contributed by atoms with van der Waals surface area (Å²) < 4.78 is 11.3. The van der Waals surface area contributed by atoms with E-state index in [-0.39, 0.29) is 0 Å². The van der Waals surface area contributed by atoms with Crippen LogP contribution in [0.2, 0.25) is 0 Å². The van der Waals surface area contributed by atoms with E-state index < -0.39 is 6.10 Å². The lowest BCUT2D eigenvalue weighted by Gasteiger charge is -2.13. The van der Waals surface area contributed by atoms with Crippen molar-refractivity contribution in [3.05, 3.63) is 45.6 Å². The molecule has 1 unspecified atom stereocenters. The van der Waals surface area contributed by atoms with Gasteiger partial charge in [-0.15, -0.1) is 11.3 Å². The first-order chi connectivity index (χ1) is 10.3. The lowest BCUT2D eigenvalue weighted by Crippen LogP contribution is -2.01. The monoisotopic (exact) mass is 304 g/mol. The molecule has 0 spiro atoms. The van der Waals surface area contributed by atoms with Gasteiger partial charge in [-0.1, -0.05) is 13.0 Å².